The zero-order valence-electron chi connectivity index (χ0n) is 9.10. The van der Waals surface area contributed by atoms with E-state index in [-0.39, 0.29) is 18.1 Å². The molecule has 0 radical (unpaired) electrons. The first-order valence-corrected chi connectivity index (χ1v) is 6.91. The summed E-state index contributed by atoms with van der Waals surface area (Å²) in [5, 5.41) is 21.7. The van der Waals surface area contributed by atoms with Crippen molar-refractivity contribution >= 4 is 9.84 Å². The molecule has 1 saturated heterocycles. The molecule has 1 rings (SSSR count). The van der Waals surface area contributed by atoms with Crippen LogP contribution in [0.2, 0.25) is 0 Å². The standard InChI is InChI=1S/C9H19NO4S/c1-3-9(2,6-11)10-7-4-15(13,14)5-8(7)12/h7-8,10-12H,3-6H2,1-2H3. The molecule has 1 heterocycles. The van der Waals surface area contributed by atoms with Gasteiger partial charge >= 0.3 is 0 Å². The van der Waals surface area contributed by atoms with E-state index in [9.17, 15) is 13.5 Å². The van der Waals surface area contributed by atoms with Crippen molar-refractivity contribution in [3.8, 4) is 0 Å². The Labute approximate surface area is 90.4 Å². The van der Waals surface area contributed by atoms with Crippen LogP contribution in [0.25, 0.3) is 0 Å². The predicted octanol–water partition coefficient (Wildman–Crippen LogP) is -1.11. The van der Waals surface area contributed by atoms with Gasteiger partial charge in [-0.2, -0.15) is 0 Å². The first-order valence-electron chi connectivity index (χ1n) is 5.09. The topological polar surface area (TPSA) is 86.6 Å². The van der Waals surface area contributed by atoms with Gasteiger partial charge in [0.25, 0.3) is 0 Å². The fourth-order valence-electron chi connectivity index (χ4n) is 1.67. The van der Waals surface area contributed by atoms with Crippen molar-refractivity contribution in [3.05, 3.63) is 0 Å². The minimum absolute atomic E-state index is 0.0518. The maximum atomic E-state index is 11.3. The smallest absolute Gasteiger partial charge is 0.154 e. The molecule has 1 aliphatic rings. The lowest BCUT2D eigenvalue weighted by Gasteiger charge is -2.31. The summed E-state index contributed by atoms with van der Waals surface area (Å²) in [4.78, 5) is 0. The number of hydrogen-bond donors (Lipinski definition) is 3. The molecule has 0 bridgehead atoms. The molecule has 3 unspecified atom stereocenters. The molecule has 0 aliphatic carbocycles. The highest BCUT2D eigenvalue weighted by molar-refractivity contribution is 7.91. The van der Waals surface area contributed by atoms with Gasteiger partial charge in [-0.15, -0.1) is 0 Å². The third-order valence-electron chi connectivity index (χ3n) is 2.99. The first kappa shape index (κ1) is 12.9. The second-order valence-corrected chi connectivity index (χ2v) is 6.62. The maximum Gasteiger partial charge on any atom is 0.154 e. The molecule has 0 spiro atoms. The van der Waals surface area contributed by atoms with Crippen LogP contribution < -0.4 is 5.32 Å². The van der Waals surface area contributed by atoms with E-state index in [0.717, 1.165) is 0 Å². The summed E-state index contributed by atoms with van der Waals surface area (Å²) in [6.07, 6.45) is -0.195. The van der Waals surface area contributed by atoms with E-state index in [0.29, 0.717) is 6.42 Å². The van der Waals surface area contributed by atoms with E-state index in [1.165, 1.54) is 0 Å². The summed E-state index contributed by atoms with van der Waals surface area (Å²) in [6.45, 7) is 3.64. The van der Waals surface area contributed by atoms with Crippen LogP contribution in [0.3, 0.4) is 0 Å². The van der Waals surface area contributed by atoms with Crippen molar-refractivity contribution < 1.29 is 18.6 Å². The van der Waals surface area contributed by atoms with E-state index in [1.54, 1.807) is 0 Å². The van der Waals surface area contributed by atoms with Gasteiger partial charge in [0.05, 0.1) is 24.2 Å². The summed E-state index contributed by atoms with van der Waals surface area (Å²) < 4.78 is 22.5. The van der Waals surface area contributed by atoms with Gasteiger partial charge in [-0.25, -0.2) is 8.42 Å². The largest absolute Gasteiger partial charge is 0.394 e. The second-order valence-electron chi connectivity index (χ2n) is 4.47. The van der Waals surface area contributed by atoms with Crippen molar-refractivity contribution in [1.82, 2.24) is 5.32 Å². The second kappa shape index (κ2) is 4.37. The van der Waals surface area contributed by atoms with Crippen LogP contribution in [0.4, 0.5) is 0 Å². The SMILES string of the molecule is CCC(C)(CO)NC1CS(=O)(=O)CC1O. The predicted molar refractivity (Wildman–Crippen MR) is 57.4 cm³/mol. The Balaban J connectivity index is 2.67. The van der Waals surface area contributed by atoms with Gasteiger partial charge in [0.2, 0.25) is 0 Å². The van der Waals surface area contributed by atoms with Crippen molar-refractivity contribution in [1.29, 1.82) is 0 Å². The molecule has 1 fully saturated rings. The molecule has 1 aliphatic heterocycles. The number of aliphatic hydroxyl groups is 2. The fraction of sp³-hybridized carbons (Fsp3) is 1.00. The van der Waals surface area contributed by atoms with Crippen molar-refractivity contribution in [3.63, 3.8) is 0 Å². The molecule has 15 heavy (non-hydrogen) atoms. The molecule has 0 amide bonds. The van der Waals surface area contributed by atoms with Crippen LogP contribution in [-0.2, 0) is 9.84 Å². The Morgan fingerprint density at radius 1 is 1.47 bits per heavy atom. The summed E-state index contributed by atoms with van der Waals surface area (Å²) in [6, 6.07) is -0.466. The lowest BCUT2D eigenvalue weighted by Crippen LogP contribution is -2.54. The minimum Gasteiger partial charge on any atom is -0.394 e. The average molecular weight is 237 g/mol. The van der Waals surface area contributed by atoms with Crippen molar-refractivity contribution in [2.24, 2.45) is 0 Å². The van der Waals surface area contributed by atoms with Gasteiger partial charge in [-0.1, -0.05) is 6.92 Å². The highest BCUT2D eigenvalue weighted by Crippen LogP contribution is 2.17. The number of nitrogens with one attached hydrogen (secondary N) is 1. The van der Waals surface area contributed by atoms with Crippen molar-refractivity contribution in [2.75, 3.05) is 18.1 Å². The lowest BCUT2D eigenvalue weighted by molar-refractivity contribution is 0.110. The Bertz CT molecular complexity index is 310. The van der Waals surface area contributed by atoms with Crippen molar-refractivity contribution in [2.45, 2.75) is 38.0 Å². The molecule has 0 aromatic heterocycles. The molecule has 0 aromatic carbocycles. The molecular formula is C9H19NO4S. The molecule has 90 valence electrons. The molecule has 5 nitrogen and oxygen atoms in total. The van der Waals surface area contributed by atoms with Crippen LogP contribution >= 0.6 is 0 Å². The van der Waals surface area contributed by atoms with E-state index in [2.05, 4.69) is 5.32 Å². The van der Waals surface area contributed by atoms with Gasteiger partial charge in [-0.3, -0.25) is 0 Å². The highest BCUT2D eigenvalue weighted by atomic mass is 32.2. The number of rotatable bonds is 4. The van der Waals surface area contributed by atoms with Gasteiger partial charge < -0.3 is 15.5 Å². The summed E-state index contributed by atoms with van der Waals surface area (Å²) in [7, 11) is -3.13. The van der Waals surface area contributed by atoms with Crippen LogP contribution in [0.1, 0.15) is 20.3 Å². The average Bonchev–Trinajstić information content (AvgIpc) is 2.39. The highest BCUT2D eigenvalue weighted by Gasteiger charge is 2.39. The summed E-state index contributed by atoms with van der Waals surface area (Å²) >= 11 is 0. The zero-order chi connectivity index (χ0) is 11.7. The first-order chi connectivity index (χ1) is 6.82. The van der Waals surface area contributed by atoms with Gasteiger partial charge in [0.15, 0.2) is 9.84 Å². The van der Waals surface area contributed by atoms with Crippen LogP contribution in [0, 0.1) is 0 Å². The Morgan fingerprint density at radius 2 is 2.07 bits per heavy atom. The molecule has 3 atom stereocenters. The molecule has 3 N–H and O–H groups in total. The molecule has 6 heteroatoms. The maximum absolute atomic E-state index is 11.3. The van der Waals surface area contributed by atoms with Gasteiger partial charge in [0.1, 0.15) is 0 Å². The quantitative estimate of drug-likeness (QED) is 0.577. The number of sulfone groups is 1. The van der Waals surface area contributed by atoms with E-state index in [4.69, 9.17) is 5.11 Å². The third-order valence-corrected chi connectivity index (χ3v) is 4.70. The van der Waals surface area contributed by atoms with Crippen LogP contribution in [0.5, 0.6) is 0 Å². The molecular weight excluding hydrogens is 218 g/mol. The Morgan fingerprint density at radius 3 is 2.40 bits per heavy atom. The van der Waals surface area contributed by atoms with Gasteiger partial charge in [0, 0.05) is 11.6 Å². The number of hydrogen-bond acceptors (Lipinski definition) is 5. The van der Waals surface area contributed by atoms with Crippen LogP contribution in [0.15, 0.2) is 0 Å². The van der Waals surface area contributed by atoms with E-state index in [1.807, 2.05) is 13.8 Å². The molecule has 0 aromatic rings. The fourth-order valence-corrected chi connectivity index (χ4v) is 3.42. The summed E-state index contributed by atoms with van der Waals surface area (Å²) in [5.41, 5.74) is -0.522. The van der Waals surface area contributed by atoms with Crippen LogP contribution in [-0.4, -0.2) is 54.4 Å². The monoisotopic (exact) mass is 237 g/mol. The normalized spacial score (nSPS) is 33.9. The zero-order valence-corrected chi connectivity index (χ0v) is 9.92. The minimum atomic E-state index is -3.13. The summed E-state index contributed by atoms with van der Waals surface area (Å²) in [5.74, 6) is -0.236. The Kier molecular flexibility index (Phi) is 3.76. The third kappa shape index (κ3) is 3.14. The number of aliphatic hydroxyl groups excluding tert-OH is 2. The van der Waals surface area contributed by atoms with E-state index < -0.39 is 27.5 Å². The van der Waals surface area contributed by atoms with E-state index >= 15 is 0 Å². The van der Waals surface area contributed by atoms with Gasteiger partial charge in [-0.05, 0) is 13.3 Å². The lowest BCUT2D eigenvalue weighted by atomic mass is 9.98. The molecule has 0 saturated carbocycles. The Hall–Kier alpha value is -0.170.